The van der Waals surface area contributed by atoms with Crippen LogP contribution in [0, 0.1) is 15.5 Å². The maximum Gasteiger partial charge on any atom is 0.315 e. The first kappa shape index (κ1) is 14.3. The topological polar surface area (TPSA) is 124 Å². The van der Waals surface area contributed by atoms with Gasteiger partial charge in [0, 0.05) is 6.07 Å². The fourth-order valence-electron chi connectivity index (χ4n) is 1.59. The molecular formula is C13H12N4O4. The van der Waals surface area contributed by atoms with E-state index in [1.165, 1.54) is 37.4 Å². The molecule has 0 spiro atoms. The fraction of sp³-hybridized carbons (Fsp3) is 0.0769. The van der Waals surface area contributed by atoms with Crippen LogP contribution in [0.2, 0.25) is 0 Å². The molecule has 0 bridgehead atoms. The molecule has 3 N–H and O–H groups in total. The number of methoxy groups -OCH3 is 1. The number of amidine groups is 1. The first-order valence-electron chi connectivity index (χ1n) is 5.83. The number of hydrogen-bond acceptors (Lipinski definition) is 6. The number of nitro benzene ring substituents is 1. The third-order valence-electron chi connectivity index (χ3n) is 2.58. The van der Waals surface area contributed by atoms with Crippen LogP contribution in [-0.4, -0.2) is 22.9 Å². The second-order valence-electron chi connectivity index (χ2n) is 3.97. The van der Waals surface area contributed by atoms with Crippen molar-refractivity contribution in [2.75, 3.05) is 7.11 Å². The van der Waals surface area contributed by atoms with Crippen molar-refractivity contribution in [1.29, 1.82) is 5.41 Å². The Hall–Kier alpha value is -3.16. The molecule has 108 valence electrons. The van der Waals surface area contributed by atoms with Crippen LogP contribution in [-0.2, 0) is 0 Å². The lowest BCUT2D eigenvalue weighted by atomic mass is 10.3. The highest BCUT2D eigenvalue weighted by molar-refractivity contribution is 5.93. The van der Waals surface area contributed by atoms with Crippen molar-refractivity contribution in [3.8, 4) is 17.4 Å². The summed E-state index contributed by atoms with van der Waals surface area (Å²) in [5.41, 5.74) is 5.31. The smallest absolute Gasteiger partial charge is 0.315 e. The second-order valence-corrected chi connectivity index (χ2v) is 3.97. The molecule has 0 aliphatic rings. The summed E-state index contributed by atoms with van der Waals surface area (Å²) < 4.78 is 10.3. The van der Waals surface area contributed by atoms with Gasteiger partial charge in [0.2, 0.25) is 11.6 Å². The van der Waals surface area contributed by atoms with Crippen molar-refractivity contribution in [2.45, 2.75) is 0 Å². The summed E-state index contributed by atoms with van der Waals surface area (Å²) in [5, 5.41) is 18.4. The average Bonchev–Trinajstić information content (AvgIpc) is 2.47. The highest BCUT2D eigenvalue weighted by Gasteiger charge is 2.18. The Morgan fingerprint density at radius 3 is 2.76 bits per heavy atom. The molecule has 0 atom stereocenters. The van der Waals surface area contributed by atoms with Gasteiger partial charge in [0.15, 0.2) is 0 Å². The largest absolute Gasteiger partial charge is 0.496 e. The van der Waals surface area contributed by atoms with Crippen molar-refractivity contribution in [3.05, 3.63) is 52.2 Å². The summed E-state index contributed by atoms with van der Waals surface area (Å²) in [6, 6.07) is 8.85. The number of hydrogen-bond donors (Lipinski definition) is 2. The molecule has 8 heteroatoms. The van der Waals surface area contributed by atoms with Gasteiger partial charge in [-0.3, -0.25) is 15.5 Å². The Kier molecular flexibility index (Phi) is 3.98. The summed E-state index contributed by atoms with van der Waals surface area (Å²) >= 11 is 0. The van der Waals surface area contributed by atoms with E-state index in [2.05, 4.69) is 4.98 Å². The molecule has 8 nitrogen and oxygen atoms in total. The summed E-state index contributed by atoms with van der Waals surface area (Å²) in [7, 11) is 1.41. The van der Waals surface area contributed by atoms with E-state index in [1.807, 2.05) is 0 Å². The van der Waals surface area contributed by atoms with Crippen LogP contribution >= 0.6 is 0 Å². The molecule has 0 fully saturated rings. The Labute approximate surface area is 119 Å². The molecule has 0 amide bonds. The number of rotatable bonds is 5. The molecule has 2 rings (SSSR count). The number of nitrogens with zero attached hydrogens (tertiary/aromatic N) is 2. The number of nitrogens with one attached hydrogen (secondary N) is 1. The third kappa shape index (κ3) is 3.24. The lowest BCUT2D eigenvalue weighted by Crippen LogP contribution is -2.13. The van der Waals surface area contributed by atoms with Gasteiger partial charge >= 0.3 is 5.69 Å². The third-order valence-corrected chi connectivity index (χ3v) is 2.58. The highest BCUT2D eigenvalue weighted by atomic mass is 16.6. The average molecular weight is 288 g/mol. The number of nitrogens with two attached hydrogens (primary N) is 1. The molecule has 1 heterocycles. The quantitative estimate of drug-likeness (QED) is 0.375. The monoisotopic (exact) mass is 288 g/mol. The minimum Gasteiger partial charge on any atom is -0.496 e. The maximum atomic E-state index is 11.1. The minimum absolute atomic E-state index is 0.0222. The van der Waals surface area contributed by atoms with E-state index in [1.54, 1.807) is 6.07 Å². The van der Waals surface area contributed by atoms with Gasteiger partial charge in [-0.15, -0.1) is 0 Å². The molecule has 21 heavy (non-hydrogen) atoms. The summed E-state index contributed by atoms with van der Waals surface area (Å²) in [5.74, 6) is 0.258. The number of nitro groups is 1. The van der Waals surface area contributed by atoms with Crippen LogP contribution in [0.5, 0.6) is 17.4 Å². The van der Waals surface area contributed by atoms with Gasteiger partial charge in [-0.2, -0.15) is 0 Å². The van der Waals surface area contributed by atoms with Crippen LogP contribution < -0.4 is 15.2 Å². The van der Waals surface area contributed by atoms with Gasteiger partial charge in [0.05, 0.1) is 18.1 Å². The molecule has 0 unspecified atom stereocenters. The van der Waals surface area contributed by atoms with E-state index < -0.39 is 4.92 Å². The van der Waals surface area contributed by atoms with Crippen LogP contribution in [0.1, 0.15) is 5.69 Å². The minimum atomic E-state index is -0.577. The van der Waals surface area contributed by atoms with Crippen molar-refractivity contribution in [1.82, 2.24) is 4.98 Å². The molecule has 0 saturated heterocycles. The Morgan fingerprint density at radius 2 is 2.14 bits per heavy atom. The van der Waals surface area contributed by atoms with Gasteiger partial charge in [0.25, 0.3) is 0 Å². The lowest BCUT2D eigenvalue weighted by molar-refractivity contribution is -0.385. The SMILES string of the molecule is COc1ccc(Oc2cccc(C(=N)N)n2)c([N+](=O)[O-])c1. The van der Waals surface area contributed by atoms with E-state index in [0.717, 1.165) is 0 Å². The fourth-order valence-corrected chi connectivity index (χ4v) is 1.59. The number of pyridine rings is 1. The van der Waals surface area contributed by atoms with E-state index in [4.69, 9.17) is 20.6 Å². The summed E-state index contributed by atoms with van der Waals surface area (Å²) in [6.45, 7) is 0. The molecular weight excluding hydrogens is 276 g/mol. The van der Waals surface area contributed by atoms with Gasteiger partial charge in [-0.05, 0) is 18.2 Å². The maximum absolute atomic E-state index is 11.1. The molecule has 2 aromatic rings. The molecule has 0 aliphatic heterocycles. The lowest BCUT2D eigenvalue weighted by Gasteiger charge is -2.07. The van der Waals surface area contributed by atoms with Crippen LogP contribution in [0.15, 0.2) is 36.4 Å². The number of ether oxygens (including phenoxy) is 2. The molecule has 0 radical (unpaired) electrons. The standard InChI is InChI=1S/C13H12N4O4/c1-20-8-5-6-11(10(7-8)17(18)19)21-12-4-2-3-9(16-12)13(14)15/h2-7H,1H3,(H3,14,15). The second kappa shape index (κ2) is 5.87. The van der Waals surface area contributed by atoms with Crippen molar-refractivity contribution >= 4 is 11.5 Å². The predicted octanol–water partition coefficient (Wildman–Crippen LogP) is 2.07. The van der Waals surface area contributed by atoms with E-state index >= 15 is 0 Å². The number of aromatic nitrogens is 1. The molecule has 1 aromatic carbocycles. The van der Waals surface area contributed by atoms with Crippen LogP contribution in [0.4, 0.5) is 5.69 Å². The van der Waals surface area contributed by atoms with Gasteiger partial charge in [-0.1, -0.05) is 6.07 Å². The zero-order valence-corrected chi connectivity index (χ0v) is 11.1. The van der Waals surface area contributed by atoms with Gasteiger partial charge in [-0.25, -0.2) is 4.98 Å². The molecule has 0 aliphatic carbocycles. The normalized spacial score (nSPS) is 9.95. The highest BCUT2D eigenvalue weighted by Crippen LogP contribution is 2.33. The van der Waals surface area contributed by atoms with E-state index in [-0.39, 0.29) is 28.8 Å². The van der Waals surface area contributed by atoms with E-state index in [9.17, 15) is 10.1 Å². The zero-order chi connectivity index (χ0) is 15.4. The van der Waals surface area contributed by atoms with Crippen molar-refractivity contribution in [2.24, 2.45) is 5.73 Å². The summed E-state index contributed by atoms with van der Waals surface area (Å²) in [6.07, 6.45) is 0. The van der Waals surface area contributed by atoms with Crippen LogP contribution in [0.25, 0.3) is 0 Å². The van der Waals surface area contributed by atoms with E-state index in [0.29, 0.717) is 5.75 Å². The Morgan fingerprint density at radius 1 is 1.38 bits per heavy atom. The van der Waals surface area contributed by atoms with Crippen LogP contribution in [0.3, 0.4) is 0 Å². The van der Waals surface area contributed by atoms with Crippen molar-refractivity contribution < 1.29 is 14.4 Å². The van der Waals surface area contributed by atoms with Gasteiger partial charge in [0.1, 0.15) is 17.3 Å². The Balaban J connectivity index is 2.37. The van der Waals surface area contributed by atoms with Crippen molar-refractivity contribution in [3.63, 3.8) is 0 Å². The Bertz CT molecular complexity index is 702. The zero-order valence-electron chi connectivity index (χ0n) is 11.1. The molecule has 0 saturated carbocycles. The number of nitrogen functional groups attached to an aromatic ring is 1. The summed E-state index contributed by atoms with van der Waals surface area (Å²) in [4.78, 5) is 14.5. The van der Waals surface area contributed by atoms with Gasteiger partial charge < -0.3 is 15.2 Å². The predicted molar refractivity (Wildman–Crippen MR) is 75.0 cm³/mol. The number of benzene rings is 1. The molecule has 1 aromatic heterocycles. The first-order chi connectivity index (χ1) is 10.0. The first-order valence-corrected chi connectivity index (χ1v) is 5.83.